The van der Waals surface area contributed by atoms with Crippen molar-refractivity contribution in [1.29, 1.82) is 0 Å². The molecule has 1 saturated heterocycles. The van der Waals surface area contributed by atoms with Gasteiger partial charge < -0.3 is 9.84 Å². The number of benzene rings is 3. The molecule has 1 heterocycles. The number of phenols is 1. The van der Waals surface area contributed by atoms with E-state index >= 15 is 0 Å². The Morgan fingerprint density at radius 2 is 1.69 bits per heavy atom. The van der Waals surface area contributed by atoms with Gasteiger partial charge in [-0.1, -0.05) is 15.9 Å². The second-order valence-corrected chi connectivity index (χ2v) is 9.59. The quantitative estimate of drug-likeness (QED) is 0.141. The van der Waals surface area contributed by atoms with Crippen molar-refractivity contribution in [2.45, 2.75) is 6.18 Å². The minimum atomic E-state index is -4.84. The molecule has 3 aromatic rings. The monoisotopic (exact) mass is 669 g/mol. The molecule has 15 heteroatoms. The summed E-state index contributed by atoms with van der Waals surface area (Å²) in [5.74, 6) is -2.94. The zero-order valence-corrected chi connectivity index (χ0v) is 22.1. The third-order valence-electron chi connectivity index (χ3n) is 5.24. The number of nitrogens with zero attached hydrogens (tertiary/aromatic N) is 2. The average molecular weight is 671 g/mol. The first kappa shape index (κ1) is 27.8. The Bertz CT molecular complexity index is 1570. The number of nitro groups is 1. The van der Waals surface area contributed by atoms with Crippen molar-refractivity contribution in [2.24, 2.45) is 0 Å². The van der Waals surface area contributed by atoms with Crippen LogP contribution in [0.2, 0.25) is 0 Å². The lowest BCUT2D eigenvalue weighted by molar-refractivity contribution is -0.385. The lowest BCUT2D eigenvalue weighted by Gasteiger charge is -2.26. The molecule has 0 aliphatic carbocycles. The van der Waals surface area contributed by atoms with Crippen LogP contribution >= 0.6 is 31.9 Å². The molecule has 10 nitrogen and oxygen atoms in total. The van der Waals surface area contributed by atoms with Crippen LogP contribution in [0.4, 0.5) is 29.3 Å². The van der Waals surface area contributed by atoms with Crippen LogP contribution in [0.3, 0.4) is 0 Å². The van der Waals surface area contributed by atoms with E-state index in [1.807, 2.05) is 5.32 Å². The fraction of sp³-hybridized carbons (Fsp3) is 0.0417. The first-order valence-electron chi connectivity index (χ1n) is 10.5. The van der Waals surface area contributed by atoms with Crippen molar-refractivity contribution in [3.63, 3.8) is 0 Å². The lowest BCUT2D eigenvalue weighted by atomic mass is 10.1. The molecule has 0 radical (unpaired) electrons. The van der Waals surface area contributed by atoms with Crippen molar-refractivity contribution in [1.82, 2.24) is 5.32 Å². The third-order valence-corrected chi connectivity index (χ3v) is 6.29. The average Bonchev–Trinajstić information content (AvgIpc) is 2.84. The van der Waals surface area contributed by atoms with Crippen molar-refractivity contribution >= 4 is 67.2 Å². The fourth-order valence-corrected chi connectivity index (χ4v) is 4.82. The molecule has 4 amide bonds. The molecule has 1 aliphatic heterocycles. The topological polar surface area (TPSA) is 139 Å². The van der Waals surface area contributed by atoms with E-state index in [1.165, 1.54) is 36.4 Å². The largest absolute Gasteiger partial charge is 0.508 e. The first-order chi connectivity index (χ1) is 18.3. The second kappa shape index (κ2) is 10.5. The molecular weight excluding hydrogens is 659 g/mol. The molecule has 3 aromatic carbocycles. The zero-order chi connectivity index (χ0) is 28.6. The number of carbonyl (C=O) groups is 3. The number of alkyl halides is 3. The van der Waals surface area contributed by atoms with Gasteiger partial charge in [0.2, 0.25) is 5.75 Å². The number of carbonyl (C=O) groups excluding carboxylic acids is 3. The summed E-state index contributed by atoms with van der Waals surface area (Å²) in [4.78, 5) is 49.4. The lowest BCUT2D eigenvalue weighted by Crippen LogP contribution is -2.54. The Morgan fingerprint density at radius 3 is 2.31 bits per heavy atom. The number of ether oxygens (including phenoxy) is 1. The van der Waals surface area contributed by atoms with E-state index in [0.717, 1.165) is 12.1 Å². The van der Waals surface area contributed by atoms with Gasteiger partial charge in [-0.2, -0.15) is 13.2 Å². The number of amides is 4. The van der Waals surface area contributed by atoms with Gasteiger partial charge in [-0.3, -0.25) is 25.0 Å². The van der Waals surface area contributed by atoms with Crippen LogP contribution in [0.1, 0.15) is 11.1 Å². The first-order valence-corrected chi connectivity index (χ1v) is 12.1. The van der Waals surface area contributed by atoms with Crippen molar-refractivity contribution in [2.75, 3.05) is 4.90 Å². The van der Waals surface area contributed by atoms with Crippen LogP contribution in [0, 0.1) is 10.1 Å². The highest BCUT2D eigenvalue weighted by atomic mass is 79.9. The van der Waals surface area contributed by atoms with E-state index in [0.29, 0.717) is 21.5 Å². The van der Waals surface area contributed by atoms with Crippen LogP contribution in [-0.4, -0.2) is 27.9 Å². The maximum Gasteiger partial charge on any atom is 0.416 e. The predicted octanol–water partition coefficient (Wildman–Crippen LogP) is 6.30. The van der Waals surface area contributed by atoms with Gasteiger partial charge in [-0.15, -0.1) is 0 Å². The summed E-state index contributed by atoms with van der Waals surface area (Å²) in [7, 11) is 0. The number of imide groups is 2. The van der Waals surface area contributed by atoms with Gasteiger partial charge in [0.25, 0.3) is 11.8 Å². The second-order valence-electron chi connectivity index (χ2n) is 7.82. The minimum Gasteiger partial charge on any atom is -0.508 e. The summed E-state index contributed by atoms with van der Waals surface area (Å²) in [5.41, 5.74) is -2.72. The zero-order valence-electron chi connectivity index (χ0n) is 19.0. The molecule has 1 aliphatic rings. The highest BCUT2D eigenvalue weighted by Gasteiger charge is 2.37. The smallest absolute Gasteiger partial charge is 0.416 e. The molecule has 39 heavy (non-hydrogen) atoms. The fourth-order valence-electron chi connectivity index (χ4n) is 3.48. The molecule has 0 spiro atoms. The summed E-state index contributed by atoms with van der Waals surface area (Å²) < 4.78 is 45.5. The van der Waals surface area contributed by atoms with Gasteiger partial charge in [0.1, 0.15) is 17.1 Å². The van der Waals surface area contributed by atoms with E-state index in [-0.39, 0.29) is 27.2 Å². The van der Waals surface area contributed by atoms with Gasteiger partial charge in [0.05, 0.1) is 20.6 Å². The number of phenolic OH excluding ortho intramolecular Hbond substituents is 1. The number of nitrogens with one attached hydrogen (secondary N) is 1. The SMILES string of the molecule is O=C1NC(=O)N(c2ccc(O)cc2)C(=O)/C1=C/c1cc(Br)cc(Br)c1Oc1ccc(C(F)(F)F)cc1[N+](=O)[O-]. The number of nitro benzene ring substituents is 1. The van der Waals surface area contributed by atoms with E-state index in [4.69, 9.17) is 4.74 Å². The van der Waals surface area contributed by atoms with Crippen molar-refractivity contribution in [3.05, 3.63) is 90.4 Å². The Morgan fingerprint density at radius 1 is 1.03 bits per heavy atom. The Kier molecular flexibility index (Phi) is 7.48. The normalized spacial score (nSPS) is 14.9. The number of halogens is 5. The molecule has 0 bridgehead atoms. The third kappa shape index (κ3) is 5.78. The number of hydrogen-bond donors (Lipinski definition) is 2. The molecular formula is C24H12Br2F3N3O7. The molecule has 200 valence electrons. The van der Waals surface area contributed by atoms with Crippen LogP contribution in [0.25, 0.3) is 6.08 Å². The number of rotatable bonds is 5. The maximum absolute atomic E-state index is 13.2. The molecule has 0 aromatic heterocycles. The molecule has 0 unspecified atom stereocenters. The van der Waals surface area contributed by atoms with Crippen molar-refractivity contribution < 1.29 is 42.3 Å². The van der Waals surface area contributed by atoms with Gasteiger partial charge in [0, 0.05) is 16.1 Å². The number of aromatic hydroxyl groups is 1. The summed E-state index contributed by atoms with van der Waals surface area (Å²) >= 11 is 6.46. The number of barbiturate groups is 1. The van der Waals surface area contributed by atoms with Crippen LogP contribution in [0.15, 0.2) is 69.1 Å². The summed E-state index contributed by atoms with van der Waals surface area (Å²) in [6.45, 7) is 0. The number of urea groups is 1. The van der Waals surface area contributed by atoms with Crippen molar-refractivity contribution in [3.8, 4) is 17.2 Å². The van der Waals surface area contributed by atoms with E-state index < -0.39 is 51.5 Å². The summed E-state index contributed by atoms with van der Waals surface area (Å²) in [5, 5.41) is 23.0. The molecule has 4 rings (SSSR count). The highest BCUT2D eigenvalue weighted by Crippen LogP contribution is 2.42. The van der Waals surface area contributed by atoms with Crippen LogP contribution < -0.4 is 15.0 Å². The standard InChI is InChI=1S/C24H12Br2F3N3O7/c25-13-7-11(8-16-21(34)30-23(36)31(22(16)35)14-2-4-15(33)5-3-14)20(17(26)10-13)39-19-6-1-12(24(27,28)29)9-18(19)32(37)38/h1-10,33H,(H,30,34,36)/b16-8+. The Hall–Kier alpha value is -4.24. The molecule has 0 atom stereocenters. The van der Waals surface area contributed by atoms with E-state index in [9.17, 15) is 42.8 Å². The summed E-state index contributed by atoms with van der Waals surface area (Å²) in [6.07, 6.45) is -3.79. The maximum atomic E-state index is 13.2. The number of anilines is 1. The molecule has 2 N–H and O–H groups in total. The molecule has 1 fully saturated rings. The van der Waals surface area contributed by atoms with Gasteiger partial charge >= 0.3 is 17.9 Å². The minimum absolute atomic E-state index is 0.00366. The molecule has 0 saturated carbocycles. The van der Waals surface area contributed by atoms with E-state index in [1.54, 1.807) is 0 Å². The van der Waals surface area contributed by atoms with Gasteiger partial charge in [-0.05, 0) is 70.5 Å². The summed E-state index contributed by atoms with van der Waals surface area (Å²) in [6, 6.07) is 8.49. The van der Waals surface area contributed by atoms with E-state index in [2.05, 4.69) is 31.9 Å². The highest BCUT2D eigenvalue weighted by molar-refractivity contribution is 9.11. The van der Waals surface area contributed by atoms with Crippen LogP contribution in [0.5, 0.6) is 17.2 Å². The number of hydrogen-bond acceptors (Lipinski definition) is 7. The Balaban J connectivity index is 1.81. The Labute approximate surface area is 233 Å². The van der Waals surface area contributed by atoms with Gasteiger partial charge in [-0.25, -0.2) is 9.69 Å². The van der Waals surface area contributed by atoms with Crippen LogP contribution in [-0.2, 0) is 15.8 Å². The van der Waals surface area contributed by atoms with Gasteiger partial charge in [0.15, 0.2) is 0 Å². The predicted molar refractivity (Wildman–Crippen MR) is 137 cm³/mol.